The summed E-state index contributed by atoms with van der Waals surface area (Å²) in [4.78, 5) is 24.9. The van der Waals surface area contributed by atoms with E-state index in [4.69, 9.17) is 9.83 Å². The van der Waals surface area contributed by atoms with Crippen LogP contribution >= 0.6 is 0 Å². The molecule has 174 valence electrons. The van der Waals surface area contributed by atoms with Crippen molar-refractivity contribution < 1.29 is 19.1 Å². The Morgan fingerprint density at radius 1 is 1.03 bits per heavy atom. The molecule has 0 bridgehead atoms. The summed E-state index contributed by atoms with van der Waals surface area (Å²) < 4.78 is 6.22. The number of anilines is 1. The van der Waals surface area contributed by atoms with E-state index in [1.807, 2.05) is 39.0 Å². The molecule has 4 rings (SSSR count). The quantitative estimate of drug-likeness (QED) is 0.234. The SMILES string of the molecule is CCNc1cc2oc3cc(=N)c(C)cc-3c(-c3ccc(C(=O)C(C)C)cc3C(=O)O)c2cc1C. The molecule has 0 aromatic heterocycles. The first kappa shape index (κ1) is 23.2. The molecular weight excluding hydrogens is 428 g/mol. The maximum Gasteiger partial charge on any atom is 0.336 e. The zero-order chi connectivity index (χ0) is 24.7. The standard InChI is InChI=1S/C28H28N2O4/c1-6-30-23-13-25-21(10-16(23)5)26(20-9-15(4)22(29)12-24(20)34-25)18-8-7-17(27(31)14(2)3)11-19(18)28(32)33/h7-14,29-30H,6H2,1-5H3,(H,32,33). The molecule has 3 N–H and O–H groups in total. The minimum absolute atomic E-state index is 0.0568. The number of carboxylic acid groups (broad SMARTS) is 1. The highest BCUT2D eigenvalue weighted by Gasteiger charge is 2.24. The molecule has 0 unspecified atom stereocenters. The fraction of sp³-hybridized carbons (Fsp3) is 0.250. The zero-order valence-electron chi connectivity index (χ0n) is 20.0. The summed E-state index contributed by atoms with van der Waals surface area (Å²) in [6.07, 6.45) is 0. The van der Waals surface area contributed by atoms with E-state index in [1.54, 1.807) is 32.0 Å². The number of carboxylic acids is 1. The fourth-order valence-electron chi connectivity index (χ4n) is 4.30. The van der Waals surface area contributed by atoms with Gasteiger partial charge in [0.05, 0.1) is 10.9 Å². The minimum Gasteiger partial charge on any atom is -0.478 e. The second-order valence-corrected chi connectivity index (χ2v) is 8.92. The van der Waals surface area contributed by atoms with Crippen LogP contribution in [0.4, 0.5) is 5.69 Å². The smallest absolute Gasteiger partial charge is 0.336 e. The average molecular weight is 457 g/mol. The number of Topliss-reactive ketones (excluding diaryl/α,β-unsaturated/α-hetero) is 1. The van der Waals surface area contributed by atoms with Crippen LogP contribution in [-0.2, 0) is 0 Å². The molecule has 2 aromatic carbocycles. The third-order valence-corrected chi connectivity index (χ3v) is 6.11. The van der Waals surface area contributed by atoms with Gasteiger partial charge >= 0.3 is 5.97 Å². The topological polar surface area (TPSA) is 103 Å². The Labute approximate surface area is 198 Å². The van der Waals surface area contributed by atoms with Gasteiger partial charge in [0.15, 0.2) is 5.78 Å². The van der Waals surface area contributed by atoms with E-state index in [-0.39, 0.29) is 17.3 Å². The number of nitrogens with one attached hydrogen (secondary N) is 2. The van der Waals surface area contributed by atoms with Crippen molar-refractivity contribution in [2.24, 2.45) is 5.92 Å². The predicted molar refractivity (Wildman–Crippen MR) is 134 cm³/mol. The maximum atomic E-state index is 12.6. The van der Waals surface area contributed by atoms with Crippen LogP contribution in [0.15, 0.2) is 46.9 Å². The molecule has 1 heterocycles. The number of hydrogen-bond donors (Lipinski definition) is 3. The number of ketones is 1. The van der Waals surface area contributed by atoms with Crippen molar-refractivity contribution >= 4 is 28.4 Å². The van der Waals surface area contributed by atoms with Crippen LogP contribution in [0.2, 0.25) is 0 Å². The number of rotatable bonds is 6. The Hall–Kier alpha value is -3.93. The van der Waals surface area contributed by atoms with E-state index in [1.165, 1.54) is 6.07 Å². The lowest BCUT2D eigenvalue weighted by molar-refractivity contribution is 0.0697. The van der Waals surface area contributed by atoms with E-state index >= 15 is 0 Å². The van der Waals surface area contributed by atoms with E-state index < -0.39 is 5.97 Å². The summed E-state index contributed by atoms with van der Waals surface area (Å²) in [5.74, 6) is -0.948. The summed E-state index contributed by atoms with van der Waals surface area (Å²) in [6.45, 7) is 10.2. The number of aryl methyl sites for hydroxylation is 2. The molecule has 2 aromatic rings. The van der Waals surface area contributed by atoms with Crippen LogP contribution in [0.25, 0.3) is 33.4 Å². The molecule has 0 fully saturated rings. The van der Waals surface area contributed by atoms with Crippen molar-refractivity contribution in [2.75, 3.05) is 11.9 Å². The Balaban J connectivity index is 2.14. The van der Waals surface area contributed by atoms with Gasteiger partial charge in [-0.2, -0.15) is 0 Å². The van der Waals surface area contributed by atoms with E-state index in [0.717, 1.165) is 34.3 Å². The monoisotopic (exact) mass is 456 g/mol. The maximum absolute atomic E-state index is 12.6. The number of hydrogen-bond acceptors (Lipinski definition) is 5. The molecule has 34 heavy (non-hydrogen) atoms. The van der Waals surface area contributed by atoms with Gasteiger partial charge in [0.2, 0.25) is 0 Å². The van der Waals surface area contributed by atoms with Gasteiger partial charge in [0.1, 0.15) is 11.3 Å². The average Bonchev–Trinajstić information content (AvgIpc) is 2.79. The van der Waals surface area contributed by atoms with Crippen molar-refractivity contribution in [1.82, 2.24) is 0 Å². The summed E-state index contributed by atoms with van der Waals surface area (Å²) in [5.41, 5.74) is 5.65. The molecule has 6 heteroatoms. The molecule has 1 aliphatic carbocycles. The predicted octanol–water partition coefficient (Wildman–Crippen LogP) is 6.27. The summed E-state index contributed by atoms with van der Waals surface area (Å²) >= 11 is 0. The lowest BCUT2D eigenvalue weighted by atomic mass is 9.87. The number of benzene rings is 3. The van der Waals surface area contributed by atoms with Crippen LogP contribution in [0.3, 0.4) is 0 Å². The first-order valence-electron chi connectivity index (χ1n) is 11.3. The molecule has 6 nitrogen and oxygen atoms in total. The Morgan fingerprint density at radius 2 is 1.76 bits per heavy atom. The summed E-state index contributed by atoms with van der Waals surface area (Å²) in [6, 6.07) is 12.3. The second-order valence-electron chi connectivity index (χ2n) is 8.92. The van der Waals surface area contributed by atoms with E-state index in [9.17, 15) is 14.7 Å². The Morgan fingerprint density at radius 3 is 2.41 bits per heavy atom. The molecule has 1 aliphatic heterocycles. The normalized spacial score (nSPS) is 11.4. The van der Waals surface area contributed by atoms with Gasteiger partial charge < -0.3 is 20.2 Å². The van der Waals surface area contributed by atoms with Crippen molar-refractivity contribution in [3.8, 4) is 22.5 Å². The van der Waals surface area contributed by atoms with E-state index in [2.05, 4.69) is 5.32 Å². The largest absolute Gasteiger partial charge is 0.478 e. The third kappa shape index (κ3) is 3.96. The lowest BCUT2D eigenvalue weighted by Gasteiger charge is -2.19. The minimum atomic E-state index is -1.11. The van der Waals surface area contributed by atoms with Crippen LogP contribution in [0.1, 0.15) is 52.6 Å². The third-order valence-electron chi connectivity index (χ3n) is 6.11. The van der Waals surface area contributed by atoms with E-state index in [0.29, 0.717) is 33.4 Å². The van der Waals surface area contributed by atoms with Gasteiger partial charge in [0.25, 0.3) is 0 Å². The van der Waals surface area contributed by atoms with Gasteiger partial charge in [-0.05, 0) is 55.7 Å². The van der Waals surface area contributed by atoms with Crippen LogP contribution in [0, 0.1) is 25.2 Å². The van der Waals surface area contributed by atoms with Crippen LogP contribution in [0.5, 0.6) is 0 Å². The molecule has 0 saturated carbocycles. The second kappa shape index (κ2) is 8.78. The molecule has 0 spiro atoms. The first-order chi connectivity index (χ1) is 16.1. The van der Waals surface area contributed by atoms with Crippen LogP contribution in [-0.4, -0.2) is 23.4 Å². The lowest BCUT2D eigenvalue weighted by Crippen LogP contribution is -2.11. The van der Waals surface area contributed by atoms with Gasteiger partial charge in [0, 0.05) is 52.4 Å². The number of carbonyl (C=O) groups is 2. The Kier molecular flexibility index (Phi) is 6.00. The van der Waals surface area contributed by atoms with Crippen molar-refractivity contribution in [2.45, 2.75) is 34.6 Å². The summed E-state index contributed by atoms with van der Waals surface area (Å²) in [5, 5.41) is 22.8. The van der Waals surface area contributed by atoms with Gasteiger partial charge in [-0.1, -0.05) is 26.0 Å². The zero-order valence-corrected chi connectivity index (χ0v) is 20.0. The first-order valence-corrected chi connectivity index (χ1v) is 11.3. The van der Waals surface area contributed by atoms with Crippen molar-refractivity contribution in [3.05, 3.63) is 70.1 Å². The number of carbonyl (C=O) groups excluding carboxylic acids is 1. The highest BCUT2D eigenvalue weighted by atomic mass is 16.4. The van der Waals surface area contributed by atoms with Crippen LogP contribution < -0.4 is 10.7 Å². The molecule has 0 saturated heterocycles. The summed E-state index contributed by atoms with van der Waals surface area (Å²) in [7, 11) is 0. The van der Waals surface area contributed by atoms with Gasteiger partial charge in [-0.15, -0.1) is 0 Å². The highest BCUT2D eigenvalue weighted by Crippen LogP contribution is 2.43. The number of aromatic carboxylic acids is 1. The van der Waals surface area contributed by atoms with Crippen molar-refractivity contribution in [3.63, 3.8) is 0 Å². The van der Waals surface area contributed by atoms with Gasteiger partial charge in [-0.25, -0.2) is 4.79 Å². The fourth-order valence-corrected chi connectivity index (χ4v) is 4.30. The van der Waals surface area contributed by atoms with Gasteiger partial charge in [-0.3, -0.25) is 4.79 Å². The molecule has 0 atom stereocenters. The highest BCUT2D eigenvalue weighted by molar-refractivity contribution is 6.09. The number of fused-ring (bicyclic) bond motifs is 2. The van der Waals surface area contributed by atoms with Crippen molar-refractivity contribution in [1.29, 1.82) is 5.41 Å². The molecular formula is C28H28N2O4. The molecule has 0 amide bonds. The molecule has 0 radical (unpaired) electrons. The molecule has 2 aliphatic rings. The Bertz CT molecular complexity index is 1480.